The molecule has 0 saturated heterocycles. The van der Waals surface area contributed by atoms with Crippen molar-refractivity contribution in [3.05, 3.63) is 0 Å². The fraction of sp³-hybridized carbons (Fsp3) is 1.00. The minimum absolute atomic E-state index is 0.738. The highest BCUT2D eigenvalue weighted by Crippen LogP contribution is 2.54. The molecule has 2 atom stereocenters. The van der Waals surface area contributed by atoms with Crippen molar-refractivity contribution in [2.24, 2.45) is 17.3 Å². The van der Waals surface area contributed by atoms with E-state index in [0.717, 1.165) is 17.3 Å². The Morgan fingerprint density at radius 1 is 0.941 bits per heavy atom. The van der Waals surface area contributed by atoms with Crippen molar-refractivity contribution in [1.82, 2.24) is 0 Å². The maximum atomic E-state index is 2.49. The highest BCUT2D eigenvalue weighted by Gasteiger charge is 2.43. The molecule has 0 aromatic heterocycles. The standard InChI is InChI=1S/C17H34/c1-5-8-11-17(12-9-6-2)14-15(4)13-16(17)10-7-3/h15-16H,5-14H2,1-4H3. The predicted molar refractivity (Wildman–Crippen MR) is 78.3 cm³/mol. The summed E-state index contributed by atoms with van der Waals surface area (Å²) in [7, 11) is 0. The molecule has 0 radical (unpaired) electrons. The zero-order valence-electron chi connectivity index (χ0n) is 12.7. The van der Waals surface area contributed by atoms with Gasteiger partial charge >= 0.3 is 0 Å². The van der Waals surface area contributed by atoms with Gasteiger partial charge in [-0.25, -0.2) is 0 Å². The molecule has 2 unspecified atom stereocenters. The molecule has 0 aromatic rings. The molecular formula is C17H34. The van der Waals surface area contributed by atoms with Crippen LogP contribution >= 0.6 is 0 Å². The largest absolute Gasteiger partial charge is 0.0654 e. The second-order valence-corrected chi connectivity index (χ2v) is 6.60. The van der Waals surface area contributed by atoms with Crippen LogP contribution in [-0.4, -0.2) is 0 Å². The quantitative estimate of drug-likeness (QED) is 0.472. The van der Waals surface area contributed by atoms with Crippen LogP contribution in [0.3, 0.4) is 0 Å². The SMILES string of the molecule is CCCCC1(CCCC)CC(C)CC1CCC. The predicted octanol–water partition coefficient (Wildman–Crippen LogP) is 6.20. The van der Waals surface area contributed by atoms with Gasteiger partial charge in [-0.1, -0.05) is 66.2 Å². The van der Waals surface area contributed by atoms with Gasteiger partial charge in [0.1, 0.15) is 0 Å². The molecule has 102 valence electrons. The number of hydrogen-bond acceptors (Lipinski definition) is 0. The third kappa shape index (κ3) is 4.00. The lowest BCUT2D eigenvalue weighted by Crippen LogP contribution is -2.26. The van der Waals surface area contributed by atoms with Crippen LogP contribution in [0.25, 0.3) is 0 Å². The van der Waals surface area contributed by atoms with E-state index in [2.05, 4.69) is 27.7 Å². The van der Waals surface area contributed by atoms with E-state index in [-0.39, 0.29) is 0 Å². The molecule has 17 heavy (non-hydrogen) atoms. The van der Waals surface area contributed by atoms with Crippen LogP contribution in [-0.2, 0) is 0 Å². The summed E-state index contributed by atoms with van der Waals surface area (Å²) < 4.78 is 0. The number of hydrogen-bond donors (Lipinski definition) is 0. The maximum Gasteiger partial charge on any atom is -0.0267 e. The first-order chi connectivity index (χ1) is 8.18. The molecule has 0 N–H and O–H groups in total. The number of unbranched alkanes of at least 4 members (excludes halogenated alkanes) is 2. The lowest BCUT2D eigenvalue weighted by Gasteiger charge is -2.36. The third-order valence-electron chi connectivity index (χ3n) is 5.00. The van der Waals surface area contributed by atoms with E-state index >= 15 is 0 Å². The second-order valence-electron chi connectivity index (χ2n) is 6.60. The minimum Gasteiger partial charge on any atom is -0.0654 e. The van der Waals surface area contributed by atoms with Gasteiger partial charge < -0.3 is 0 Å². The molecule has 1 fully saturated rings. The van der Waals surface area contributed by atoms with E-state index in [0.29, 0.717) is 0 Å². The molecule has 0 aliphatic heterocycles. The Bertz CT molecular complexity index is 186. The summed E-state index contributed by atoms with van der Waals surface area (Å²) in [5.41, 5.74) is 0.738. The average molecular weight is 238 g/mol. The fourth-order valence-corrected chi connectivity index (χ4v) is 4.25. The van der Waals surface area contributed by atoms with Gasteiger partial charge in [-0.05, 0) is 42.9 Å². The Morgan fingerprint density at radius 3 is 2.00 bits per heavy atom. The van der Waals surface area contributed by atoms with Crippen molar-refractivity contribution in [2.75, 3.05) is 0 Å². The van der Waals surface area contributed by atoms with Gasteiger partial charge in [0.15, 0.2) is 0 Å². The molecule has 0 heterocycles. The topological polar surface area (TPSA) is 0 Å². The van der Waals surface area contributed by atoms with Crippen molar-refractivity contribution in [3.8, 4) is 0 Å². The Hall–Kier alpha value is 0. The van der Waals surface area contributed by atoms with Crippen LogP contribution < -0.4 is 0 Å². The first-order valence-corrected chi connectivity index (χ1v) is 8.18. The van der Waals surface area contributed by atoms with Gasteiger partial charge in [-0.2, -0.15) is 0 Å². The molecule has 0 bridgehead atoms. The summed E-state index contributed by atoms with van der Waals surface area (Å²) in [6.07, 6.45) is 14.6. The Balaban J connectivity index is 2.69. The van der Waals surface area contributed by atoms with Gasteiger partial charge in [-0.15, -0.1) is 0 Å². The highest BCUT2D eigenvalue weighted by molar-refractivity contribution is 4.94. The van der Waals surface area contributed by atoms with Gasteiger partial charge in [-0.3, -0.25) is 0 Å². The van der Waals surface area contributed by atoms with Crippen molar-refractivity contribution >= 4 is 0 Å². The summed E-state index contributed by atoms with van der Waals surface area (Å²) in [5, 5.41) is 0. The minimum atomic E-state index is 0.738. The number of rotatable bonds is 8. The lowest BCUT2D eigenvalue weighted by atomic mass is 9.69. The first kappa shape index (κ1) is 15.1. The first-order valence-electron chi connectivity index (χ1n) is 8.18. The van der Waals surface area contributed by atoms with Crippen LogP contribution in [0.15, 0.2) is 0 Å². The van der Waals surface area contributed by atoms with E-state index in [1.54, 1.807) is 0 Å². The summed E-state index contributed by atoms with van der Waals surface area (Å²) in [5.74, 6) is 2.03. The molecular weight excluding hydrogens is 204 g/mol. The van der Waals surface area contributed by atoms with E-state index in [1.165, 1.54) is 64.2 Å². The van der Waals surface area contributed by atoms with E-state index < -0.39 is 0 Å². The molecule has 1 rings (SSSR count). The van der Waals surface area contributed by atoms with Gasteiger partial charge in [0, 0.05) is 0 Å². The molecule has 0 aromatic carbocycles. The van der Waals surface area contributed by atoms with E-state index in [1.807, 2.05) is 0 Å². The Morgan fingerprint density at radius 2 is 1.53 bits per heavy atom. The van der Waals surface area contributed by atoms with Gasteiger partial charge in [0.05, 0.1) is 0 Å². The summed E-state index contributed by atoms with van der Waals surface area (Å²) in [6, 6.07) is 0. The maximum absolute atomic E-state index is 2.49. The van der Waals surface area contributed by atoms with Crippen molar-refractivity contribution < 1.29 is 0 Å². The molecule has 1 aliphatic rings. The Labute approximate surface area is 110 Å². The lowest BCUT2D eigenvalue weighted by molar-refractivity contribution is 0.144. The van der Waals surface area contributed by atoms with Crippen LogP contribution in [0, 0.1) is 17.3 Å². The van der Waals surface area contributed by atoms with Crippen molar-refractivity contribution in [3.63, 3.8) is 0 Å². The zero-order valence-corrected chi connectivity index (χ0v) is 12.7. The van der Waals surface area contributed by atoms with Crippen LogP contribution in [0.1, 0.15) is 91.9 Å². The molecule has 0 nitrogen and oxygen atoms in total. The molecule has 0 heteroatoms. The summed E-state index contributed by atoms with van der Waals surface area (Å²) >= 11 is 0. The fourth-order valence-electron chi connectivity index (χ4n) is 4.25. The second kappa shape index (κ2) is 7.44. The molecule has 0 amide bonds. The highest BCUT2D eigenvalue weighted by atomic mass is 14.5. The van der Waals surface area contributed by atoms with Gasteiger partial charge in [0.25, 0.3) is 0 Å². The van der Waals surface area contributed by atoms with Crippen LogP contribution in [0.2, 0.25) is 0 Å². The van der Waals surface area contributed by atoms with Crippen molar-refractivity contribution in [1.29, 1.82) is 0 Å². The summed E-state index contributed by atoms with van der Waals surface area (Å²) in [4.78, 5) is 0. The average Bonchev–Trinajstić information content (AvgIpc) is 2.62. The molecule has 1 aliphatic carbocycles. The van der Waals surface area contributed by atoms with E-state index in [4.69, 9.17) is 0 Å². The molecule has 1 saturated carbocycles. The van der Waals surface area contributed by atoms with Gasteiger partial charge in [0.2, 0.25) is 0 Å². The Kier molecular flexibility index (Phi) is 6.59. The molecule has 0 spiro atoms. The van der Waals surface area contributed by atoms with Crippen LogP contribution in [0.4, 0.5) is 0 Å². The smallest absolute Gasteiger partial charge is 0.0267 e. The summed E-state index contributed by atoms with van der Waals surface area (Å²) in [6.45, 7) is 9.55. The third-order valence-corrected chi connectivity index (χ3v) is 5.00. The van der Waals surface area contributed by atoms with Crippen molar-refractivity contribution in [2.45, 2.75) is 91.9 Å². The van der Waals surface area contributed by atoms with E-state index in [9.17, 15) is 0 Å². The zero-order chi connectivity index (χ0) is 12.7. The van der Waals surface area contributed by atoms with Crippen LogP contribution in [0.5, 0.6) is 0 Å². The normalized spacial score (nSPS) is 27.5. The monoisotopic (exact) mass is 238 g/mol.